The molecule has 20 heavy (non-hydrogen) atoms. The number of carbonyl (C=O) groups is 1. The molecule has 106 valence electrons. The van der Waals surface area contributed by atoms with Crippen molar-refractivity contribution in [1.29, 1.82) is 0 Å². The fourth-order valence-corrected chi connectivity index (χ4v) is 1.66. The van der Waals surface area contributed by atoms with Gasteiger partial charge in [0.25, 0.3) is 5.91 Å². The Hall–Kier alpha value is -2.51. The number of nitrogen functional groups attached to an aromatic ring is 1. The molecule has 8 heteroatoms. The SMILES string of the molecule is Nc1[nH]ncc1CNC(=O)c1ccccc1C(F)(F)F. The third kappa shape index (κ3) is 2.90. The molecule has 0 radical (unpaired) electrons. The number of anilines is 1. The Morgan fingerprint density at radius 1 is 1.35 bits per heavy atom. The number of aromatic amines is 1. The van der Waals surface area contributed by atoms with Gasteiger partial charge in [-0.25, -0.2) is 0 Å². The van der Waals surface area contributed by atoms with Gasteiger partial charge in [0.05, 0.1) is 17.3 Å². The molecule has 2 rings (SSSR count). The van der Waals surface area contributed by atoms with Gasteiger partial charge < -0.3 is 11.1 Å². The van der Waals surface area contributed by atoms with Crippen LogP contribution in [0.25, 0.3) is 0 Å². The Morgan fingerprint density at radius 3 is 2.65 bits per heavy atom. The Morgan fingerprint density at radius 2 is 2.05 bits per heavy atom. The molecule has 0 spiro atoms. The number of hydrogen-bond donors (Lipinski definition) is 3. The number of halogens is 3. The van der Waals surface area contributed by atoms with E-state index >= 15 is 0 Å². The molecule has 0 saturated carbocycles. The highest BCUT2D eigenvalue weighted by Gasteiger charge is 2.34. The van der Waals surface area contributed by atoms with Crippen LogP contribution in [0.3, 0.4) is 0 Å². The highest BCUT2D eigenvalue weighted by atomic mass is 19.4. The fraction of sp³-hybridized carbons (Fsp3) is 0.167. The van der Waals surface area contributed by atoms with E-state index in [0.29, 0.717) is 5.56 Å². The quantitative estimate of drug-likeness (QED) is 0.805. The van der Waals surface area contributed by atoms with Crippen molar-refractivity contribution < 1.29 is 18.0 Å². The standard InChI is InChI=1S/C12H11F3N4O/c13-12(14,15)9-4-2-1-3-8(9)11(20)17-5-7-6-18-19-10(7)16/h1-4,6H,5H2,(H,17,20)(H3,16,18,19). The van der Waals surface area contributed by atoms with Crippen molar-refractivity contribution in [1.82, 2.24) is 15.5 Å². The van der Waals surface area contributed by atoms with Crippen LogP contribution in [0.4, 0.5) is 19.0 Å². The van der Waals surface area contributed by atoms with Crippen LogP contribution in [0.1, 0.15) is 21.5 Å². The number of rotatable bonds is 3. The molecule has 0 atom stereocenters. The summed E-state index contributed by atoms with van der Waals surface area (Å²) >= 11 is 0. The lowest BCUT2D eigenvalue weighted by Crippen LogP contribution is -2.26. The zero-order chi connectivity index (χ0) is 14.8. The minimum Gasteiger partial charge on any atom is -0.384 e. The highest BCUT2D eigenvalue weighted by Crippen LogP contribution is 2.31. The van der Waals surface area contributed by atoms with Crippen molar-refractivity contribution in [2.24, 2.45) is 0 Å². The Balaban J connectivity index is 2.16. The number of alkyl halides is 3. The molecule has 5 nitrogen and oxygen atoms in total. The normalized spacial score (nSPS) is 11.3. The second-order valence-electron chi connectivity index (χ2n) is 4.03. The zero-order valence-electron chi connectivity index (χ0n) is 10.2. The number of H-pyrrole nitrogens is 1. The summed E-state index contributed by atoms with van der Waals surface area (Å²) in [7, 11) is 0. The maximum absolute atomic E-state index is 12.8. The number of nitrogens with zero attached hydrogens (tertiary/aromatic N) is 1. The topological polar surface area (TPSA) is 83.8 Å². The van der Waals surface area contributed by atoms with Crippen LogP contribution in [0.2, 0.25) is 0 Å². The average Bonchev–Trinajstić information content (AvgIpc) is 2.80. The summed E-state index contributed by atoms with van der Waals surface area (Å²) in [5.41, 5.74) is 4.61. The van der Waals surface area contributed by atoms with Crippen molar-refractivity contribution in [3.63, 3.8) is 0 Å². The zero-order valence-corrected chi connectivity index (χ0v) is 10.2. The third-order valence-corrected chi connectivity index (χ3v) is 2.67. The highest BCUT2D eigenvalue weighted by molar-refractivity contribution is 5.95. The molecule has 0 fully saturated rings. The summed E-state index contributed by atoms with van der Waals surface area (Å²) in [4.78, 5) is 11.8. The molecular weight excluding hydrogens is 273 g/mol. The minimum atomic E-state index is -4.58. The number of nitrogens with one attached hydrogen (secondary N) is 2. The summed E-state index contributed by atoms with van der Waals surface area (Å²) < 4.78 is 38.3. The van der Waals surface area contributed by atoms with Gasteiger partial charge in [0.15, 0.2) is 0 Å². The molecule has 1 heterocycles. The maximum atomic E-state index is 12.8. The van der Waals surface area contributed by atoms with Gasteiger partial charge in [-0.1, -0.05) is 12.1 Å². The van der Waals surface area contributed by atoms with E-state index in [4.69, 9.17) is 5.73 Å². The van der Waals surface area contributed by atoms with Gasteiger partial charge in [-0.2, -0.15) is 18.3 Å². The predicted octanol–water partition coefficient (Wildman–Crippen LogP) is 1.94. The van der Waals surface area contributed by atoms with Gasteiger partial charge in [0, 0.05) is 12.1 Å². The van der Waals surface area contributed by atoms with E-state index in [-0.39, 0.29) is 12.4 Å². The van der Waals surface area contributed by atoms with Crippen molar-refractivity contribution in [2.75, 3.05) is 5.73 Å². The van der Waals surface area contributed by atoms with Crippen LogP contribution in [-0.4, -0.2) is 16.1 Å². The predicted molar refractivity (Wildman–Crippen MR) is 65.6 cm³/mol. The third-order valence-electron chi connectivity index (χ3n) is 2.67. The molecule has 0 saturated heterocycles. The first kappa shape index (κ1) is 13.9. The van der Waals surface area contributed by atoms with E-state index in [9.17, 15) is 18.0 Å². The monoisotopic (exact) mass is 284 g/mol. The van der Waals surface area contributed by atoms with Crippen LogP contribution >= 0.6 is 0 Å². The van der Waals surface area contributed by atoms with Gasteiger partial charge in [-0.05, 0) is 12.1 Å². The van der Waals surface area contributed by atoms with E-state index < -0.39 is 23.2 Å². The molecule has 4 N–H and O–H groups in total. The molecule has 0 aliphatic heterocycles. The van der Waals surface area contributed by atoms with Gasteiger partial charge in [0.1, 0.15) is 5.82 Å². The van der Waals surface area contributed by atoms with Gasteiger partial charge in [-0.15, -0.1) is 0 Å². The summed E-state index contributed by atoms with van der Waals surface area (Å²) in [5, 5.41) is 8.49. The molecule has 1 aromatic heterocycles. The molecule has 0 bridgehead atoms. The second-order valence-corrected chi connectivity index (χ2v) is 4.03. The smallest absolute Gasteiger partial charge is 0.384 e. The van der Waals surface area contributed by atoms with Gasteiger partial charge in [0.2, 0.25) is 0 Å². The molecule has 0 aliphatic rings. The van der Waals surface area contributed by atoms with Gasteiger partial charge in [-0.3, -0.25) is 9.89 Å². The molecule has 2 aromatic rings. The van der Waals surface area contributed by atoms with Crippen LogP contribution in [0.5, 0.6) is 0 Å². The lowest BCUT2D eigenvalue weighted by atomic mass is 10.1. The second kappa shape index (κ2) is 5.24. The summed E-state index contributed by atoms with van der Waals surface area (Å²) in [6.45, 7) is -0.00659. The van der Waals surface area contributed by atoms with Crippen LogP contribution in [0.15, 0.2) is 30.5 Å². The average molecular weight is 284 g/mol. The summed E-state index contributed by atoms with van der Waals surface area (Å²) in [5.74, 6) is -0.562. The van der Waals surface area contributed by atoms with E-state index in [1.807, 2.05) is 0 Å². The number of carbonyl (C=O) groups excluding carboxylic acids is 1. The largest absolute Gasteiger partial charge is 0.417 e. The number of benzene rings is 1. The lowest BCUT2D eigenvalue weighted by molar-refractivity contribution is -0.137. The molecule has 1 aromatic carbocycles. The van der Waals surface area contributed by atoms with Crippen LogP contribution in [-0.2, 0) is 12.7 Å². The molecule has 0 unspecified atom stereocenters. The molecule has 0 aliphatic carbocycles. The Bertz CT molecular complexity index is 621. The number of hydrogen-bond acceptors (Lipinski definition) is 3. The van der Waals surface area contributed by atoms with E-state index in [0.717, 1.165) is 12.1 Å². The number of amides is 1. The first-order chi connectivity index (χ1) is 9.39. The minimum absolute atomic E-state index is 0.00659. The molecular formula is C12H11F3N4O. The fourth-order valence-electron chi connectivity index (χ4n) is 1.66. The van der Waals surface area contributed by atoms with Crippen molar-refractivity contribution in [3.05, 3.63) is 47.2 Å². The first-order valence-electron chi connectivity index (χ1n) is 5.61. The summed E-state index contributed by atoms with van der Waals surface area (Å²) in [6, 6.07) is 4.59. The van der Waals surface area contributed by atoms with Crippen LogP contribution in [0, 0.1) is 0 Å². The maximum Gasteiger partial charge on any atom is 0.417 e. The van der Waals surface area contributed by atoms with Gasteiger partial charge >= 0.3 is 6.18 Å². The van der Waals surface area contributed by atoms with Crippen molar-refractivity contribution >= 4 is 11.7 Å². The van der Waals surface area contributed by atoms with Crippen LogP contribution < -0.4 is 11.1 Å². The summed E-state index contributed by atoms with van der Waals surface area (Å²) in [6.07, 6.45) is -3.19. The Kier molecular flexibility index (Phi) is 3.64. The van der Waals surface area contributed by atoms with Crippen molar-refractivity contribution in [2.45, 2.75) is 12.7 Å². The van der Waals surface area contributed by atoms with E-state index in [1.54, 1.807) is 0 Å². The van der Waals surface area contributed by atoms with E-state index in [1.165, 1.54) is 18.3 Å². The first-order valence-corrected chi connectivity index (χ1v) is 5.61. The Labute approximate surface area is 112 Å². The number of nitrogens with two attached hydrogens (primary N) is 1. The number of aromatic nitrogens is 2. The molecule has 1 amide bonds. The van der Waals surface area contributed by atoms with Crippen molar-refractivity contribution in [3.8, 4) is 0 Å². The lowest BCUT2D eigenvalue weighted by Gasteiger charge is -2.12. The van der Waals surface area contributed by atoms with E-state index in [2.05, 4.69) is 15.5 Å².